The first-order valence-corrected chi connectivity index (χ1v) is 11.6. The molecule has 0 aliphatic heterocycles. The van der Waals surface area contributed by atoms with Gasteiger partial charge in [-0.1, -0.05) is 39.5 Å². The van der Waals surface area contributed by atoms with Gasteiger partial charge in [0.1, 0.15) is 16.9 Å². The molecule has 0 saturated heterocycles. The Kier molecular flexibility index (Phi) is 6.78. The highest BCUT2D eigenvalue weighted by atomic mass is 32.2. The minimum Gasteiger partial charge on any atom is -0.316 e. The maximum Gasteiger partial charge on any atom is 0.235 e. The van der Waals surface area contributed by atoms with E-state index in [4.69, 9.17) is 0 Å². The summed E-state index contributed by atoms with van der Waals surface area (Å²) in [5.74, 6) is 2.03. The van der Waals surface area contributed by atoms with Gasteiger partial charge in [-0.25, -0.2) is 0 Å². The number of nitrogens with one attached hydrogen (secondary N) is 1. The van der Waals surface area contributed by atoms with Crippen molar-refractivity contribution in [3.63, 3.8) is 0 Å². The minimum absolute atomic E-state index is 0.106. The van der Waals surface area contributed by atoms with Crippen LogP contribution in [0, 0.1) is 17.2 Å². The lowest BCUT2D eigenvalue weighted by Gasteiger charge is -2.17. The normalized spacial score (nSPS) is 16.1. The molecule has 0 unspecified atom stereocenters. The van der Waals surface area contributed by atoms with E-state index < -0.39 is 0 Å². The fraction of sp³-hybridized carbons (Fsp3) is 0.600. The first-order chi connectivity index (χ1) is 13.4. The number of thiophene rings is 1. The molecule has 1 aliphatic rings. The van der Waals surface area contributed by atoms with Gasteiger partial charge in [0, 0.05) is 17.3 Å². The number of carbonyl (C=O) groups excluding carboxylic acids is 1. The fourth-order valence-electron chi connectivity index (χ4n) is 3.52. The lowest BCUT2D eigenvalue weighted by molar-refractivity contribution is -0.113. The number of hydrogen-bond donors (Lipinski definition) is 1. The topological polar surface area (TPSA) is 83.6 Å². The van der Waals surface area contributed by atoms with Gasteiger partial charge in [-0.05, 0) is 37.2 Å². The summed E-state index contributed by atoms with van der Waals surface area (Å²) in [7, 11) is 0. The first-order valence-electron chi connectivity index (χ1n) is 9.84. The molecule has 2 aromatic rings. The Morgan fingerprint density at radius 2 is 2.25 bits per heavy atom. The van der Waals surface area contributed by atoms with Crippen LogP contribution in [0.3, 0.4) is 0 Å². The van der Waals surface area contributed by atoms with Gasteiger partial charge in [-0.2, -0.15) is 5.26 Å². The van der Waals surface area contributed by atoms with Gasteiger partial charge in [0.2, 0.25) is 5.91 Å². The van der Waals surface area contributed by atoms with Crippen LogP contribution in [0.25, 0.3) is 0 Å². The van der Waals surface area contributed by atoms with Crippen molar-refractivity contribution in [3.05, 3.63) is 21.8 Å². The van der Waals surface area contributed by atoms with Crippen LogP contribution in [0.15, 0.2) is 5.16 Å². The zero-order valence-corrected chi connectivity index (χ0v) is 18.5. The summed E-state index contributed by atoms with van der Waals surface area (Å²) < 4.78 is 2.11. The standard InChI is InChI=1S/C20H27N5OS2/c1-5-8-25-18(12(2)3)23-24-20(25)27-11-17(26)22-19-15(10-21)14-7-6-13(4)9-16(14)28-19/h12-13H,5-9,11H2,1-4H3,(H,22,26)/t13-/m1/s1. The number of rotatable bonds is 7. The molecule has 1 N–H and O–H groups in total. The molecule has 8 heteroatoms. The highest BCUT2D eigenvalue weighted by Gasteiger charge is 2.25. The monoisotopic (exact) mass is 417 g/mol. The minimum atomic E-state index is -0.106. The summed E-state index contributed by atoms with van der Waals surface area (Å²) in [6, 6.07) is 2.30. The fourth-order valence-corrected chi connectivity index (χ4v) is 5.67. The molecule has 0 saturated carbocycles. The number of thioether (sulfide) groups is 1. The third-order valence-corrected chi connectivity index (χ3v) is 7.05. The number of carbonyl (C=O) groups is 1. The van der Waals surface area contributed by atoms with Gasteiger partial charge in [0.25, 0.3) is 0 Å². The second-order valence-corrected chi connectivity index (χ2v) is 9.70. The van der Waals surface area contributed by atoms with Crippen molar-refractivity contribution in [3.8, 4) is 6.07 Å². The molecular weight excluding hydrogens is 390 g/mol. The van der Waals surface area contributed by atoms with Gasteiger partial charge in [-0.3, -0.25) is 4.79 Å². The molecule has 0 spiro atoms. The van der Waals surface area contributed by atoms with E-state index in [1.165, 1.54) is 16.6 Å². The highest BCUT2D eigenvalue weighted by molar-refractivity contribution is 7.99. The molecule has 1 aliphatic carbocycles. The summed E-state index contributed by atoms with van der Waals surface area (Å²) in [5, 5.41) is 22.6. The number of aromatic nitrogens is 3. The molecule has 0 aromatic carbocycles. The molecule has 3 rings (SSSR count). The van der Waals surface area contributed by atoms with Crippen LogP contribution in [0.5, 0.6) is 0 Å². The Hall–Kier alpha value is -1.85. The zero-order chi connectivity index (χ0) is 20.3. The van der Waals surface area contributed by atoms with Crippen LogP contribution in [-0.2, 0) is 24.2 Å². The molecule has 28 heavy (non-hydrogen) atoms. The SMILES string of the molecule is CCCn1c(SCC(=O)Nc2sc3c(c2C#N)CC[C@@H](C)C3)nnc1C(C)C. The Balaban J connectivity index is 1.68. The number of nitriles is 1. The van der Waals surface area contributed by atoms with Crippen molar-refractivity contribution < 1.29 is 4.79 Å². The molecular formula is C20H27N5OS2. The highest BCUT2D eigenvalue weighted by Crippen LogP contribution is 2.39. The Bertz CT molecular complexity index is 893. The van der Waals surface area contributed by atoms with Gasteiger partial charge < -0.3 is 9.88 Å². The summed E-state index contributed by atoms with van der Waals surface area (Å²) in [4.78, 5) is 13.8. The summed E-state index contributed by atoms with van der Waals surface area (Å²) in [6.45, 7) is 9.40. The van der Waals surface area contributed by atoms with Crippen LogP contribution < -0.4 is 5.32 Å². The van der Waals surface area contributed by atoms with E-state index in [2.05, 4.69) is 53.8 Å². The van der Waals surface area contributed by atoms with Crippen LogP contribution in [0.4, 0.5) is 5.00 Å². The smallest absolute Gasteiger partial charge is 0.235 e. The van der Waals surface area contributed by atoms with E-state index in [1.54, 1.807) is 11.3 Å². The average Bonchev–Trinajstić information content (AvgIpc) is 3.20. The molecule has 2 aromatic heterocycles. The zero-order valence-electron chi connectivity index (χ0n) is 16.9. The van der Waals surface area contributed by atoms with E-state index in [9.17, 15) is 10.1 Å². The van der Waals surface area contributed by atoms with Crippen molar-refractivity contribution >= 4 is 34.0 Å². The third kappa shape index (κ3) is 4.41. The van der Waals surface area contributed by atoms with Gasteiger partial charge in [0.05, 0.1) is 11.3 Å². The summed E-state index contributed by atoms with van der Waals surface area (Å²) in [5.41, 5.74) is 1.79. The Morgan fingerprint density at radius 3 is 2.93 bits per heavy atom. The van der Waals surface area contributed by atoms with Crippen molar-refractivity contribution in [2.24, 2.45) is 5.92 Å². The quantitative estimate of drug-likeness (QED) is 0.666. The molecule has 0 radical (unpaired) electrons. The summed E-state index contributed by atoms with van der Waals surface area (Å²) >= 11 is 2.96. The molecule has 0 bridgehead atoms. The van der Waals surface area contributed by atoms with E-state index in [1.807, 2.05) is 0 Å². The van der Waals surface area contributed by atoms with Crippen LogP contribution in [0.1, 0.15) is 68.3 Å². The van der Waals surface area contributed by atoms with Crippen molar-refractivity contribution in [1.82, 2.24) is 14.8 Å². The first kappa shape index (κ1) is 20.9. The maximum absolute atomic E-state index is 12.5. The predicted molar refractivity (Wildman–Crippen MR) is 114 cm³/mol. The van der Waals surface area contributed by atoms with Gasteiger partial charge in [0.15, 0.2) is 5.16 Å². The van der Waals surface area contributed by atoms with Crippen LogP contribution in [0.2, 0.25) is 0 Å². The van der Waals surface area contributed by atoms with E-state index in [-0.39, 0.29) is 11.7 Å². The predicted octanol–water partition coefficient (Wildman–Crippen LogP) is 4.60. The largest absolute Gasteiger partial charge is 0.316 e. The van der Waals surface area contributed by atoms with Crippen molar-refractivity contribution in [2.75, 3.05) is 11.1 Å². The van der Waals surface area contributed by atoms with E-state index >= 15 is 0 Å². The number of amides is 1. The second-order valence-electron chi connectivity index (χ2n) is 7.65. The lowest BCUT2D eigenvalue weighted by atomic mass is 9.89. The summed E-state index contributed by atoms with van der Waals surface area (Å²) in [6.07, 6.45) is 4.02. The maximum atomic E-state index is 12.5. The molecule has 6 nitrogen and oxygen atoms in total. The molecule has 0 fully saturated rings. The van der Waals surface area contributed by atoms with Crippen LogP contribution >= 0.6 is 23.1 Å². The van der Waals surface area contributed by atoms with Crippen molar-refractivity contribution in [1.29, 1.82) is 5.26 Å². The number of nitrogens with zero attached hydrogens (tertiary/aromatic N) is 4. The molecule has 2 heterocycles. The van der Waals surface area contributed by atoms with Gasteiger partial charge in [-0.15, -0.1) is 21.5 Å². The number of anilines is 1. The van der Waals surface area contributed by atoms with Gasteiger partial charge >= 0.3 is 0 Å². The van der Waals surface area contributed by atoms with E-state index in [0.717, 1.165) is 48.8 Å². The lowest BCUT2D eigenvalue weighted by Crippen LogP contribution is -2.15. The Morgan fingerprint density at radius 1 is 1.46 bits per heavy atom. The molecule has 1 amide bonds. The average molecular weight is 418 g/mol. The molecule has 150 valence electrons. The van der Waals surface area contributed by atoms with Crippen molar-refractivity contribution in [2.45, 2.75) is 71.0 Å². The third-order valence-electron chi connectivity index (χ3n) is 4.92. The number of fused-ring (bicyclic) bond motifs is 1. The Labute approximate surface area is 174 Å². The molecule has 1 atom stereocenters. The second kappa shape index (κ2) is 9.10. The van der Waals surface area contributed by atoms with E-state index in [0.29, 0.717) is 22.4 Å². The van der Waals surface area contributed by atoms with Crippen LogP contribution in [-0.4, -0.2) is 26.4 Å². The number of hydrogen-bond acceptors (Lipinski definition) is 6.